The third kappa shape index (κ3) is 5.98. The summed E-state index contributed by atoms with van der Waals surface area (Å²) in [5.41, 5.74) is 5.68. The Morgan fingerprint density at radius 3 is 2.64 bits per heavy atom. The number of nitrogens with one attached hydrogen (secondary N) is 1. The van der Waals surface area contributed by atoms with E-state index in [1.807, 2.05) is 0 Å². The number of rotatable bonds is 7. The number of alkyl halides is 3. The van der Waals surface area contributed by atoms with Gasteiger partial charge >= 0.3 is 6.18 Å². The number of nitrogens with zero attached hydrogens (tertiary/aromatic N) is 1. The molecule has 25 heavy (non-hydrogen) atoms. The molecule has 8 heteroatoms. The fourth-order valence-corrected chi connectivity index (χ4v) is 2.91. The van der Waals surface area contributed by atoms with E-state index in [1.165, 1.54) is 19.2 Å². The second-order valence-electron chi connectivity index (χ2n) is 6.28. The summed E-state index contributed by atoms with van der Waals surface area (Å²) in [5.74, 6) is -0.0984. The molecule has 2 rings (SSSR count). The highest BCUT2D eigenvalue weighted by Gasteiger charge is 2.30. The summed E-state index contributed by atoms with van der Waals surface area (Å²) < 4.78 is 42.8. The Morgan fingerprint density at radius 2 is 2.08 bits per heavy atom. The molecule has 0 aliphatic carbocycles. The maximum Gasteiger partial charge on any atom is 0.416 e. The van der Waals surface area contributed by atoms with Crippen molar-refractivity contribution in [3.8, 4) is 0 Å². The largest absolute Gasteiger partial charge is 0.416 e. The van der Waals surface area contributed by atoms with Crippen LogP contribution in [0.5, 0.6) is 0 Å². The number of carbonyl (C=O) groups excluding carboxylic acids is 1. The summed E-state index contributed by atoms with van der Waals surface area (Å²) in [7, 11) is 1.52. The van der Waals surface area contributed by atoms with Gasteiger partial charge in [-0.2, -0.15) is 13.2 Å². The fraction of sp³-hybridized carbons (Fsp3) is 0.588. The summed E-state index contributed by atoms with van der Waals surface area (Å²) in [6, 6.07) is 5.24. The molecule has 0 bridgehead atoms. The highest BCUT2D eigenvalue weighted by Crippen LogP contribution is 2.29. The Morgan fingerprint density at radius 1 is 1.40 bits per heavy atom. The van der Waals surface area contributed by atoms with Crippen LogP contribution in [0, 0.1) is 0 Å². The van der Waals surface area contributed by atoms with E-state index in [0.29, 0.717) is 13.1 Å². The molecular weight excluding hydrogens is 335 g/mol. The van der Waals surface area contributed by atoms with Crippen LogP contribution >= 0.6 is 0 Å². The number of hydrogen-bond acceptors (Lipinski definition) is 4. The van der Waals surface area contributed by atoms with Crippen molar-refractivity contribution in [2.24, 2.45) is 5.73 Å². The molecule has 1 fully saturated rings. The predicted molar refractivity (Wildman–Crippen MR) is 87.7 cm³/mol. The molecule has 0 radical (unpaired) electrons. The second kappa shape index (κ2) is 8.64. The maximum absolute atomic E-state index is 12.6. The third-order valence-electron chi connectivity index (χ3n) is 4.33. The molecule has 1 aromatic carbocycles. The number of carbonyl (C=O) groups is 1. The molecule has 0 spiro atoms. The molecule has 140 valence electrons. The van der Waals surface area contributed by atoms with Crippen LogP contribution in [0.4, 0.5) is 13.2 Å². The molecule has 5 nitrogen and oxygen atoms in total. The van der Waals surface area contributed by atoms with E-state index in [-0.39, 0.29) is 31.0 Å². The van der Waals surface area contributed by atoms with E-state index in [1.54, 1.807) is 0 Å². The number of likely N-dealkylation sites (tertiary alicyclic amines) is 1. The van der Waals surface area contributed by atoms with Gasteiger partial charge in [0.05, 0.1) is 18.1 Å². The number of hydrogen-bond donors (Lipinski definition) is 2. The summed E-state index contributed by atoms with van der Waals surface area (Å²) in [6.07, 6.45) is -3.56. The van der Waals surface area contributed by atoms with Crippen LogP contribution in [0.2, 0.25) is 0 Å². The molecular formula is C17H24F3N3O2. The quantitative estimate of drug-likeness (QED) is 0.779. The van der Waals surface area contributed by atoms with Crippen LogP contribution in [-0.4, -0.2) is 49.7 Å². The maximum atomic E-state index is 12.6. The summed E-state index contributed by atoms with van der Waals surface area (Å²) >= 11 is 0. The number of amides is 1. The van der Waals surface area contributed by atoms with Crippen LogP contribution in [-0.2, 0) is 22.3 Å². The molecule has 3 N–H and O–H groups in total. The van der Waals surface area contributed by atoms with Crippen LogP contribution in [0.15, 0.2) is 24.3 Å². The van der Waals surface area contributed by atoms with Crippen molar-refractivity contribution in [1.82, 2.24) is 10.2 Å². The van der Waals surface area contributed by atoms with Crippen LogP contribution < -0.4 is 11.1 Å². The minimum absolute atomic E-state index is 0.0391. The zero-order chi connectivity index (χ0) is 18.4. The van der Waals surface area contributed by atoms with Gasteiger partial charge in [0, 0.05) is 39.3 Å². The number of ether oxygens (including phenoxy) is 1. The van der Waals surface area contributed by atoms with Crippen molar-refractivity contribution in [2.45, 2.75) is 37.7 Å². The van der Waals surface area contributed by atoms with E-state index in [9.17, 15) is 18.0 Å². The Labute approximate surface area is 145 Å². The first-order valence-corrected chi connectivity index (χ1v) is 8.22. The molecule has 1 heterocycles. The lowest BCUT2D eigenvalue weighted by atomic mass is 10.1. The molecule has 1 amide bonds. The van der Waals surface area contributed by atoms with Gasteiger partial charge in [0.1, 0.15) is 0 Å². The van der Waals surface area contributed by atoms with Gasteiger partial charge in [-0.15, -0.1) is 0 Å². The van der Waals surface area contributed by atoms with Crippen LogP contribution in [0.25, 0.3) is 0 Å². The van der Waals surface area contributed by atoms with Gasteiger partial charge in [-0.05, 0) is 24.1 Å². The summed E-state index contributed by atoms with van der Waals surface area (Å²) in [6.45, 7) is 2.31. The highest BCUT2D eigenvalue weighted by atomic mass is 19.4. The smallest absolute Gasteiger partial charge is 0.380 e. The molecule has 1 saturated heterocycles. The number of methoxy groups -OCH3 is 1. The number of halogens is 3. The minimum Gasteiger partial charge on any atom is -0.380 e. The third-order valence-corrected chi connectivity index (χ3v) is 4.33. The molecule has 0 saturated carbocycles. The SMILES string of the molecule is COC(CN)CC(=O)NC1CCN(Cc2ccc(C(F)(F)F)cc2)C1. The summed E-state index contributed by atoms with van der Waals surface area (Å²) in [5, 5.41) is 2.96. The predicted octanol–water partition coefficient (Wildman–Crippen LogP) is 1.76. The topological polar surface area (TPSA) is 67.6 Å². The van der Waals surface area contributed by atoms with Crippen LogP contribution in [0.1, 0.15) is 24.0 Å². The van der Waals surface area contributed by atoms with Crippen molar-refractivity contribution in [2.75, 3.05) is 26.7 Å². The zero-order valence-corrected chi connectivity index (χ0v) is 14.2. The summed E-state index contributed by atoms with van der Waals surface area (Å²) in [4.78, 5) is 14.1. The average molecular weight is 359 g/mol. The molecule has 1 aromatic rings. The second-order valence-corrected chi connectivity index (χ2v) is 6.28. The van der Waals surface area contributed by atoms with Gasteiger partial charge in [-0.1, -0.05) is 12.1 Å². The first-order valence-electron chi connectivity index (χ1n) is 8.22. The van der Waals surface area contributed by atoms with Gasteiger partial charge in [0.2, 0.25) is 5.91 Å². The standard InChI is InChI=1S/C17H24F3N3O2/c1-25-15(9-21)8-16(24)22-14-6-7-23(11-14)10-12-2-4-13(5-3-12)17(18,19)20/h2-5,14-15H,6-11,21H2,1H3,(H,22,24). The van der Waals surface area contributed by atoms with Gasteiger partial charge < -0.3 is 15.8 Å². The van der Waals surface area contributed by atoms with Crippen molar-refractivity contribution >= 4 is 5.91 Å². The normalized spacial score (nSPS) is 19.8. The van der Waals surface area contributed by atoms with Crippen molar-refractivity contribution in [3.05, 3.63) is 35.4 Å². The van der Waals surface area contributed by atoms with Crippen LogP contribution in [0.3, 0.4) is 0 Å². The lowest BCUT2D eigenvalue weighted by molar-refractivity contribution is -0.137. The van der Waals surface area contributed by atoms with Gasteiger partial charge in [0.15, 0.2) is 0 Å². The monoisotopic (exact) mass is 359 g/mol. The first-order chi connectivity index (χ1) is 11.8. The van der Waals surface area contributed by atoms with Gasteiger partial charge in [-0.3, -0.25) is 9.69 Å². The number of benzene rings is 1. The Hall–Kier alpha value is -1.64. The minimum atomic E-state index is -4.31. The molecule has 0 aromatic heterocycles. The number of nitrogens with two attached hydrogens (primary N) is 1. The average Bonchev–Trinajstić information content (AvgIpc) is 2.99. The zero-order valence-electron chi connectivity index (χ0n) is 14.2. The van der Waals surface area contributed by atoms with Crippen molar-refractivity contribution < 1.29 is 22.7 Å². The van der Waals surface area contributed by atoms with E-state index in [0.717, 1.165) is 30.7 Å². The van der Waals surface area contributed by atoms with Crippen molar-refractivity contribution in [3.63, 3.8) is 0 Å². The first kappa shape index (κ1) is 19.7. The van der Waals surface area contributed by atoms with E-state index in [2.05, 4.69) is 10.2 Å². The Balaban J connectivity index is 1.80. The van der Waals surface area contributed by atoms with Gasteiger partial charge in [0.25, 0.3) is 0 Å². The van der Waals surface area contributed by atoms with E-state index < -0.39 is 11.7 Å². The molecule has 1 aliphatic rings. The van der Waals surface area contributed by atoms with E-state index >= 15 is 0 Å². The molecule has 1 aliphatic heterocycles. The lowest BCUT2D eigenvalue weighted by Gasteiger charge is -2.18. The van der Waals surface area contributed by atoms with E-state index in [4.69, 9.17) is 10.5 Å². The van der Waals surface area contributed by atoms with Crippen molar-refractivity contribution in [1.29, 1.82) is 0 Å². The Bertz CT molecular complexity index is 559. The van der Waals surface area contributed by atoms with Gasteiger partial charge in [-0.25, -0.2) is 0 Å². The Kier molecular flexibility index (Phi) is 6.80. The molecule has 2 unspecified atom stereocenters. The molecule has 2 atom stereocenters. The highest BCUT2D eigenvalue weighted by molar-refractivity contribution is 5.76. The fourth-order valence-electron chi connectivity index (χ4n) is 2.91. The lowest BCUT2D eigenvalue weighted by Crippen LogP contribution is -2.39.